The number of pyridine rings is 1. The maximum absolute atomic E-state index is 4.98. The second-order valence-corrected chi connectivity index (χ2v) is 16.3. The van der Waals surface area contributed by atoms with Crippen molar-refractivity contribution >= 4 is 67.6 Å². The molecule has 0 N–H and O–H groups in total. The van der Waals surface area contributed by atoms with Gasteiger partial charge in [0.15, 0.2) is 0 Å². The molecule has 0 aliphatic heterocycles. The predicted octanol–water partition coefficient (Wildman–Crippen LogP) is 8.36. The third kappa shape index (κ3) is 4.13. The van der Waals surface area contributed by atoms with Crippen LogP contribution in [0.1, 0.15) is 52.7 Å². The molecular weight excluding hydrogens is 556 g/mol. The summed E-state index contributed by atoms with van der Waals surface area (Å²) in [6, 6.07) is 23.1. The molecule has 0 fully saturated rings. The second kappa shape index (κ2) is 8.19. The zero-order chi connectivity index (χ0) is 24.5. The Kier molecular flexibility index (Phi) is 5.44. The van der Waals surface area contributed by atoms with Crippen LogP contribution >= 0.6 is 0 Å². The first-order valence-electron chi connectivity index (χ1n) is 12.3. The van der Waals surface area contributed by atoms with E-state index in [1.165, 1.54) is 48.2 Å². The summed E-state index contributed by atoms with van der Waals surface area (Å²) in [5.41, 5.74) is 5.73. The van der Waals surface area contributed by atoms with Gasteiger partial charge in [0, 0.05) is 0 Å². The molecule has 35 heavy (non-hydrogen) atoms. The van der Waals surface area contributed by atoms with Gasteiger partial charge in [-0.05, 0) is 0 Å². The minimum atomic E-state index is 0.0749. The van der Waals surface area contributed by atoms with E-state index in [-0.39, 0.29) is 5.41 Å². The number of hydrogen-bond acceptors (Lipinski definition) is 1. The predicted molar refractivity (Wildman–Crippen MR) is 155 cm³/mol. The summed E-state index contributed by atoms with van der Waals surface area (Å²) in [5.74, 6) is 0. The van der Waals surface area contributed by atoms with Gasteiger partial charge in [-0.25, -0.2) is 0 Å². The van der Waals surface area contributed by atoms with Crippen LogP contribution in [-0.2, 0) is 11.8 Å². The fraction of sp³-hybridized carbons (Fsp3) is 0.281. The average Bonchev–Trinajstić information content (AvgIpc) is 3.32. The topological polar surface area (TPSA) is 12.9 Å². The Balaban J connectivity index is 1.57. The van der Waals surface area contributed by atoms with Crippen molar-refractivity contribution in [2.45, 2.75) is 53.4 Å². The van der Waals surface area contributed by atoms with Gasteiger partial charge in [-0.2, -0.15) is 0 Å². The summed E-state index contributed by atoms with van der Waals surface area (Å²) >= 11 is 0.671. The first-order valence-corrected chi connectivity index (χ1v) is 15.8. The Hall–Kier alpha value is -2.15. The van der Waals surface area contributed by atoms with Gasteiger partial charge in [0.1, 0.15) is 0 Å². The van der Waals surface area contributed by atoms with Gasteiger partial charge >= 0.3 is 221 Å². The minimum absolute atomic E-state index is 0.0749. The number of fused-ring (bicyclic) bond motifs is 6. The summed E-state index contributed by atoms with van der Waals surface area (Å²) in [7, 11) is 0. The van der Waals surface area contributed by atoms with Crippen LogP contribution in [0.2, 0.25) is 0 Å². The third-order valence-corrected chi connectivity index (χ3v) is 12.5. The van der Waals surface area contributed by atoms with E-state index in [9.17, 15) is 0 Å². The van der Waals surface area contributed by atoms with Crippen molar-refractivity contribution in [3.8, 4) is 11.3 Å². The van der Waals surface area contributed by atoms with E-state index in [0.29, 0.717) is 34.4 Å². The van der Waals surface area contributed by atoms with Gasteiger partial charge in [0.05, 0.1) is 0 Å². The van der Waals surface area contributed by atoms with Crippen LogP contribution in [0.15, 0.2) is 66.9 Å². The number of benzene rings is 3. The fourth-order valence-electron chi connectivity index (χ4n) is 5.22. The molecule has 176 valence electrons. The second-order valence-electron chi connectivity index (χ2n) is 12.0. The van der Waals surface area contributed by atoms with E-state index in [1.807, 2.05) is 6.20 Å². The van der Waals surface area contributed by atoms with E-state index in [0.717, 1.165) is 6.42 Å². The first-order chi connectivity index (χ1) is 16.6. The molecule has 0 saturated carbocycles. The van der Waals surface area contributed by atoms with Crippen molar-refractivity contribution in [2.24, 2.45) is 5.41 Å². The van der Waals surface area contributed by atoms with E-state index in [4.69, 9.17) is 4.98 Å². The SMILES string of the molecule is CC(C)(C)Cc1ccc2c(c1)[se]c1c3ccnc(-c4cc(C(C)(C)C)c5ccccc5c4)c3[se]c21. The quantitative estimate of drug-likeness (QED) is 0.186. The monoisotopic (exact) mass is 589 g/mol. The standard InChI is InChI=1S/C32H31NSe2/c1-31(2,3)18-19-11-12-23-26(15-19)34-30-24-13-14-33-27(28(24)35-29(23)30)21-16-20-9-7-8-10-22(20)25(17-21)32(4,5)6/h7-17H,18H2,1-6H3. The van der Waals surface area contributed by atoms with E-state index in [2.05, 4.69) is 102 Å². The molecule has 0 unspecified atom stereocenters. The number of hydrogen-bond donors (Lipinski definition) is 0. The number of nitrogens with zero attached hydrogens (tertiary/aromatic N) is 1. The zero-order valence-electron chi connectivity index (χ0n) is 21.3. The summed E-state index contributed by atoms with van der Waals surface area (Å²) in [6.45, 7) is 13.9. The van der Waals surface area contributed by atoms with Crippen molar-refractivity contribution in [1.82, 2.24) is 4.98 Å². The van der Waals surface area contributed by atoms with Gasteiger partial charge in [-0.3, -0.25) is 0 Å². The van der Waals surface area contributed by atoms with E-state index < -0.39 is 0 Å². The third-order valence-electron chi connectivity index (χ3n) is 6.74. The summed E-state index contributed by atoms with van der Waals surface area (Å²) in [4.78, 5) is 4.98. The van der Waals surface area contributed by atoms with Gasteiger partial charge in [0.2, 0.25) is 0 Å². The van der Waals surface area contributed by atoms with Crippen LogP contribution in [0, 0.1) is 5.41 Å². The normalized spacial score (nSPS) is 13.0. The fourth-order valence-corrected chi connectivity index (χ4v) is 11.9. The van der Waals surface area contributed by atoms with Gasteiger partial charge in [-0.1, -0.05) is 0 Å². The zero-order valence-corrected chi connectivity index (χ0v) is 24.7. The summed E-state index contributed by atoms with van der Waals surface area (Å²) in [5, 5.41) is 5.63. The Morgan fingerprint density at radius 3 is 2.26 bits per heavy atom. The molecule has 6 rings (SSSR count). The molecule has 6 aromatic rings. The molecule has 0 aliphatic rings. The Bertz CT molecular complexity index is 1740. The molecule has 0 saturated heterocycles. The first kappa shape index (κ1) is 23.3. The van der Waals surface area contributed by atoms with Crippen LogP contribution < -0.4 is 0 Å². The molecular formula is C32H31NSe2. The van der Waals surface area contributed by atoms with Crippen molar-refractivity contribution in [2.75, 3.05) is 0 Å². The van der Waals surface area contributed by atoms with Crippen LogP contribution in [0.3, 0.4) is 0 Å². The van der Waals surface area contributed by atoms with Crippen molar-refractivity contribution in [1.29, 1.82) is 0 Å². The van der Waals surface area contributed by atoms with Crippen molar-refractivity contribution in [3.05, 3.63) is 78.0 Å². The average molecular weight is 588 g/mol. The molecule has 1 nitrogen and oxygen atoms in total. The molecule has 3 heterocycles. The summed E-state index contributed by atoms with van der Waals surface area (Å²) < 4.78 is 6.27. The van der Waals surface area contributed by atoms with Gasteiger partial charge in [0.25, 0.3) is 0 Å². The van der Waals surface area contributed by atoms with Gasteiger partial charge in [-0.15, -0.1) is 0 Å². The molecule has 3 aromatic carbocycles. The summed E-state index contributed by atoms with van der Waals surface area (Å²) in [6.07, 6.45) is 3.17. The van der Waals surface area contributed by atoms with Gasteiger partial charge < -0.3 is 0 Å². The Morgan fingerprint density at radius 1 is 0.714 bits per heavy atom. The molecule has 0 radical (unpaired) electrons. The van der Waals surface area contributed by atoms with E-state index >= 15 is 0 Å². The molecule has 3 aromatic heterocycles. The van der Waals surface area contributed by atoms with Crippen LogP contribution in [-0.4, -0.2) is 34.0 Å². The van der Waals surface area contributed by atoms with Crippen molar-refractivity contribution < 1.29 is 0 Å². The number of aromatic nitrogens is 1. The molecule has 0 aliphatic carbocycles. The van der Waals surface area contributed by atoms with Crippen molar-refractivity contribution in [3.63, 3.8) is 0 Å². The van der Waals surface area contributed by atoms with E-state index in [1.54, 1.807) is 12.8 Å². The Labute approximate surface area is 219 Å². The Morgan fingerprint density at radius 2 is 1.49 bits per heavy atom. The molecule has 0 spiro atoms. The maximum atomic E-state index is 4.98. The molecule has 0 amide bonds. The molecule has 0 atom stereocenters. The molecule has 3 heteroatoms. The van der Waals surface area contributed by atoms with Crippen LogP contribution in [0.4, 0.5) is 0 Å². The number of rotatable bonds is 2. The molecule has 0 bridgehead atoms. The van der Waals surface area contributed by atoms with Crippen LogP contribution in [0.5, 0.6) is 0 Å². The van der Waals surface area contributed by atoms with Crippen LogP contribution in [0.25, 0.3) is 49.8 Å².